The molecule has 0 amide bonds. The molecule has 3 aromatic rings. The molecule has 2 N–H and O–H groups in total. The van der Waals surface area contributed by atoms with Crippen LogP contribution in [0.25, 0.3) is 0 Å². The van der Waals surface area contributed by atoms with Crippen LogP contribution in [-0.4, -0.2) is 73.8 Å². The van der Waals surface area contributed by atoms with Crippen LogP contribution < -0.4 is 20.5 Å². The number of anilines is 5. The van der Waals surface area contributed by atoms with Gasteiger partial charge in [-0.15, -0.1) is 0 Å². The van der Waals surface area contributed by atoms with Gasteiger partial charge in [-0.1, -0.05) is 24.3 Å². The number of benzene rings is 2. The Kier molecular flexibility index (Phi) is 7.53. The highest BCUT2D eigenvalue weighted by Crippen LogP contribution is 2.22. The van der Waals surface area contributed by atoms with Gasteiger partial charge in [0.1, 0.15) is 0 Å². The molecule has 5 rings (SSSR count). The van der Waals surface area contributed by atoms with E-state index in [9.17, 15) is 0 Å². The van der Waals surface area contributed by atoms with Crippen molar-refractivity contribution in [1.82, 2.24) is 15.0 Å². The fourth-order valence-electron chi connectivity index (χ4n) is 4.12. The molecule has 10 nitrogen and oxygen atoms in total. The Hall–Kier alpha value is -3.76. The van der Waals surface area contributed by atoms with Crippen molar-refractivity contribution in [3.63, 3.8) is 0 Å². The molecule has 36 heavy (non-hydrogen) atoms. The van der Waals surface area contributed by atoms with Crippen LogP contribution >= 0.6 is 0 Å². The number of nitrogens with zero attached hydrogens (tertiary/aromatic N) is 6. The first kappa shape index (κ1) is 24.0. The Morgan fingerprint density at radius 3 is 2.19 bits per heavy atom. The van der Waals surface area contributed by atoms with E-state index in [-0.39, 0.29) is 0 Å². The Balaban J connectivity index is 1.32. The highest BCUT2D eigenvalue weighted by molar-refractivity contribution is 5.80. The van der Waals surface area contributed by atoms with E-state index in [1.165, 1.54) is 5.69 Å². The lowest BCUT2D eigenvalue weighted by Gasteiger charge is -2.28. The summed E-state index contributed by atoms with van der Waals surface area (Å²) in [6.45, 7) is 10.2. The molecule has 10 heteroatoms. The number of hydrogen-bond donors (Lipinski definition) is 2. The summed E-state index contributed by atoms with van der Waals surface area (Å²) in [7, 11) is 0. The predicted molar refractivity (Wildman–Crippen MR) is 143 cm³/mol. The highest BCUT2D eigenvalue weighted by atomic mass is 16.5. The quantitative estimate of drug-likeness (QED) is 0.383. The predicted octanol–water partition coefficient (Wildman–Crippen LogP) is 3.35. The smallest absolute Gasteiger partial charge is 0.250 e. The molecule has 2 aliphatic heterocycles. The zero-order chi connectivity index (χ0) is 24.7. The van der Waals surface area contributed by atoms with Gasteiger partial charge in [-0.25, -0.2) is 5.43 Å². The van der Waals surface area contributed by atoms with Crippen LogP contribution in [0.4, 0.5) is 29.2 Å². The number of morpholine rings is 2. The van der Waals surface area contributed by atoms with Crippen molar-refractivity contribution in [1.29, 1.82) is 0 Å². The number of aryl methyl sites for hydroxylation is 2. The van der Waals surface area contributed by atoms with E-state index in [0.717, 1.165) is 61.8 Å². The Bertz CT molecular complexity index is 1190. The van der Waals surface area contributed by atoms with Crippen LogP contribution in [0, 0.1) is 13.8 Å². The second-order valence-electron chi connectivity index (χ2n) is 8.89. The summed E-state index contributed by atoms with van der Waals surface area (Å²) in [5, 5.41) is 7.74. The van der Waals surface area contributed by atoms with Crippen molar-refractivity contribution in [3.05, 3.63) is 59.2 Å². The maximum atomic E-state index is 5.49. The fourth-order valence-corrected chi connectivity index (χ4v) is 4.12. The number of hydrazone groups is 1. The third-order valence-corrected chi connectivity index (χ3v) is 6.20. The van der Waals surface area contributed by atoms with Gasteiger partial charge in [0.25, 0.3) is 0 Å². The summed E-state index contributed by atoms with van der Waals surface area (Å²) in [6.07, 6.45) is 1.76. The van der Waals surface area contributed by atoms with Crippen LogP contribution in [0.1, 0.15) is 16.7 Å². The van der Waals surface area contributed by atoms with Crippen molar-refractivity contribution >= 4 is 35.4 Å². The molecule has 2 saturated heterocycles. The summed E-state index contributed by atoms with van der Waals surface area (Å²) in [4.78, 5) is 18.3. The second kappa shape index (κ2) is 11.3. The maximum Gasteiger partial charge on any atom is 0.250 e. The summed E-state index contributed by atoms with van der Waals surface area (Å²) < 4.78 is 10.9. The van der Waals surface area contributed by atoms with E-state index >= 15 is 0 Å². The van der Waals surface area contributed by atoms with Crippen LogP contribution in [0.15, 0.2) is 47.6 Å². The molecule has 0 aliphatic carbocycles. The summed E-state index contributed by atoms with van der Waals surface area (Å²) in [5.41, 5.74) is 8.40. The minimum absolute atomic E-state index is 0.375. The molecular weight excluding hydrogens is 456 g/mol. The van der Waals surface area contributed by atoms with Gasteiger partial charge in [0.15, 0.2) is 0 Å². The normalized spacial score (nSPS) is 16.4. The van der Waals surface area contributed by atoms with Crippen LogP contribution in [0.2, 0.25) is 0 Å². The van der Waals surface area contributed by atoms with Crippen LogP contribution in [-0.2, 0) is 9.47 Å². The molecule has 2 fully saturated rings. The van der Waals surface area contributed by atoms with Crippen molar-refractivity contribution in [2.75, 3.05) is 73.1 Å². The molecule has 0 atom stereocenters. The first-order chi connectivity index (χ1) is 17.6. The maximum absolute atomic E-state index is 5.49. The van der Waals surface area contributed by atoms with Crippen molar-refractivity contribution in [2.45, 2.75) is 13.8 Å². The number of rotatable bonds is 7. The second-order valence-corrected chi connectivity index (χ2v) is 8.89. The molecule has 0 saturated carbocycles. The summed E-state index contributed by atoms with van der Waals surface area (Å²) in [5.74, 6) is 1.43. The van der Waals surface area contributed by atoms with E-state index in [2.05, 4.69) is 96.9 Å². The molecule has 3 heterocycles. The third kappa shape index (κ3) is 6.07. The van der Waals surface area contributed by atoms with Gasteiger partial charge in [-0.2, -0.15) is 20.1 Å². The molecule has 0 bridgehead atoms. The van der Waals surface area contributed by atoms with E-state index in [1.54, 1.807) is 6.21 Å². The zero-order valence-corrected chi connectivity index (χ0v) is 20.8. The highest BCUT2D eigenvalue weighted by Gasteiger charge is 2.17. The monoisotopic (exact) mass is 488 g/mol. The lowest BCUT2D eigenvalue weighted by molar-refractivity contribution is 0.122. The van der Waals surface area contributed by atoms with Crippen LogP contribution in [0.5, 0.6) is 0 Å². The summed E-state index contributed by atoms with van der Waals surface area (Å²) >= 11 is 0. The van der Waals surface area contributed by atoms with Crippen LogP contribution in [0.3, 0.4) is 0 Å². The van der Waals surface area contributed by atoms with Gasteiger partial charge < -0.3 is 24.6 Å². The molecule has 0 spiro atoms. The molecule has 2 aliphatic rings. The minimum Gasteiger partial charge on any atom is -0.378 e. The number of aromatic nitrogens is 3. The first-order valence-corrected chi connectivity index (χ1v) is 12.3. The van der Waals surface area contributed by atoms with Gasteiger partial charge in [0, 0.05) is 37.6 Å². The van der Waals surface area contributed by atoms with E-state index in [0.29, 0.717) is 31.1 Å². The lowest BCUT2D eigenvalue weighted by atomic mass is 10.1. The first-order valence-electron chi connectivity index (χ1n) is 12.3. The van der Waals surface area contributed by atoms with E-state index < -0.39 is 0 Å². The number of nitrogens with one attached hydrogen (secondary N) is 2. The van der Waals surface area contributed by atoms with E-state index in [4.69, 9.17) is 9.47 Å². The largest absolute Gasteiger partial charge is 0.378 e. The average Bonchev–Trinajstić information content (AvgIpc) is 2.92. The zero-order valence-electron chi connectivity index (χ0n) is 20.8. The Morgan fingerprint density at radius 1 is 0.806 bits per heavy atom. The third-order valence-electron chi connectivity index (χ3n) is 6.20. The van der Waals surface area contributed by atoms with E-state index in [1.807, 2.05) is 0 Å². The van der Waals surface area contributed by atoms with Gasteiger partial charge in [0.2, 0.25) is 17.8 Å². The standard InChI is InChI=1S/C26H32N8O2/c1-19-3-4-20(2)23(17-19)28-24-29-25(31-26(30-24)34-11-15-36-16-12-34)32-27-18-21-5-7-22(8-6-21)33-9-13-35-14-10-33/h3-8,17-18H,9-16H2,1-2H3,(H2,28,29,30,31,32)/b27-18+. The van der Waals surface area contributed by atoms with Gasteiger partial charge >= 0.3 is 0 Å². The molecule has 0 radical (unpaired) electrons. The number of ether oxygens (including phenoxy) is 2. The van der Waals surface area contributed by atoms with Crippen molar-refractivity contribution < 1.29 is 9.47 Å². The SMILES string of the molecule is Cc1ccc(C)c(Nc2nc(N/N=C/c3ccc(N4CCOCC4)cc3)nc(N3CCOCC3)n2)c1. The molecule has 2 aromatic carbocycles. The Labute approximate surface area is 211 Å². The number of hydrogen-bond acceptors (Lipinski definition) is 10. The minimum atomic E-state index is 0.375. The topological polar surface area (TPSA) is 100 Å². The van der Waals surface area contributed by atoms with Gasteiger partial charge in [-0.3, -0.25) is 0 Å². The average molecular weight is 489 g/mol. The van der Waals surface area contributed by atoms with Gasteiger partial charge in [0.05, 0.1) is 32.6 Å². The Morgan fingerprint density at radius 2 is 1.47 bits per heavy atom. The fraction of sp³-hybridized carbons (Fsp3) is 0.385. The molecule has 1 aromatic heterocycles. The lowest BCUT2D eigenvalue weighted by Crippen LogP contribution is -2.37. The summed E-state index contributed by atoms with van der Waals surface area (Å²) in [6, 6.07) is 14.6. The van der Waals surface area contributed by atoms with Crippen molar-refractivity contribution in [2.24, 2.45) is 5.10 Å². The van der Waals surface area contributed by atoms with Crippen molar-refractivity contribution in [3.8, 4) is 0 Å². The molecular formula is C26H32N8O2. The molecule has 188 valence electrons. The van der Waals surface area contributed by atoms with Gasteiger partial charge in [-0.05, 0) is 48.7 Å². The molecule has 0 unspecified atom stereocenters.